The molecule has 7 heteroatoms. The molecule has 25 heavy (non-hydrogen) atoms. The number of rotatable bonds is 7. The van der Waals surface area contributed by atoms with Crippen LogP contribution in [0.2, 0.25) is 0 Å². The van der Waals surface area contributed by atoms with Gasteiger partial charge in [0.2, 0.25) is 0 Å². The first-order valence-electron chi connectivity index (χ1n) is 8.58. The molecule has 0 amide bonds. The van der Waals surface area contributed by atoms with Gasteiger partial charge in [-0.15, -0.1) is 0 Å². The fraction of sp³-hybridized carbons (Fsp3) is 0.444. The van der Waals surface area contributed by atoms with Crippen molar-refractivity contribution in [3.8, 4) is 0 Å². The van der Waals surface area contributed by atoms with Gasteiger partial charge in [0.1, 0.15) is 5.52 Å². The standard InChI is InChI=1S/C18H24N6S/c1-12(2)14-13(3)16-15(17(19)23-14)22-11-24(16)9-4-5-10-25-18-20-7-6-8-21-18/h6-8,11-12H,4-5,9-10H2,1-3H3,(H2,19,23). The van der Waals surface area contributed by atoms with Gasteiger partial charge in [0.15, 0.2) is 11.0 Å². The summed E-state index contributed by atoms with van der Waals surface area (Å²) >= 11 is 1.70. The summed E-state index contributed by atoms with van der Waals surface area (Å²) in [5, 5.41) is 0.840. The highest BCUT2D eigenvalue weighted by molar-refractivity contribution is 7.99. The normalized spacial score (nSPS) is 11.5. The summed E-state index contributed by atoms with van der Waals surface area (Å²) in [7, 11) is 0. The molecule has 0 atom stereocenters. The third-order valence-electron chi connectivity index (χ3n) is 4.17. The van der Waals surface area contributed by atoms with Gasteiger partial charge >= 0.3 is 0 Å². The van der Waals surface area contributed by atoms with E-state index in [4.69, 9.17) is 5.73 Å². The van der Waals surface area contributed by atoms with Crippen molar-refractivity contribution in [2.24, 2.45) is 0 Å². The molecule has 0 unspecified atom stereocenters. The van der Waals surface area contributed by atoms with Crippen molar-refractivity contribution in [3.63, 3.8) is 0 Å². The van der Waals surface area contributed by atoms with Crippen molar-refractivity contribution in [3.05, 3.63) is 36.0 Å². The van der Waals surface area contributed by atoms with Gasteiger partial charge in [-0.2, -0.15) is 0 Å². The van der Waals surface area contributed by atoms with Crippen LogP contribution in [-0.2, 0) is 6.54 Å². The van der Waals surface area contributed by atoms with E-state index in [1.54, 1.807) is 24.2 Å². The Morgan fingerprint density at radius 1 is 1.16 bits per heavy atom. The number of nitrogen functional groups attached to an aromatic ring is 1. The maximum atomic E-state index is 6.11. The molecule has 0 aliphatic rings. The van der Waals surface area contributed by atoms with Crippen molar-refractivity contribution in [1.82, 2.24) is 24.5 Å². The van der Waals surface area contributed by atoms with E-state index in [9.17, 15) is 0 Å². The Bertz CT molecular complexity index is 844. The Morgan fingerprint density at radius 2 is 1.92 bits per heavy atom. The Morgan fingerprint density at radius 3 is 2.64 bits per heavy atom. The van der Waals surface area contributed by atoms with Gasteiger partial charge < -0.3 is 10.3 Å². The number of unbranched alkanes of at least 4 members (excludes halogenated alkanes) is 1. The Labute approximate surface area is 152 Å². The quantitative estimate of drug-likeness (QED) is 0.394. The lowest BCUT2D eigenvalue weighted by Crippen LogP contribution is -2.05. The van der Waals surface area contributed by atoms with Crippen molar-refractivity contribution < 1.29 is 0 Å². The third kappa shape index (κ3) is 3.92. The molecule has 2 N–H and O–H groups in total. The molecule has 0 aliphatic heterocycles. The molecule has 0 saturated heterocycles. The molecule has 0 bridgehead atoms. The minimum atomic E-state index is 0.345. The van der Waals surface area contributed by atoms with Gasteiger partial charge in [-0.3, -0.25) is 0 Å². The first-order chi connectivity index (χ1) is 12.1. The number of aryl methyl sites for hydroxylation is 2. The van der Waals surface area contributed by atoms with Crippen LogP contribution >= 0.6 is 11.8 Å². The number of hydrogen-bond acceptors (Lipinski definition) is 6. The van der Waals surface area contributed by atoms with E-state index in [1.807, 2.05) is 12.4 Å². The third-order valence-corrected chi connectivity index (χ3v) is 5.14. The maximum Gasteiger partial charge on any atom is 0.187 e. The molecule has 0 fully saturated rings. The minimum absolute atomic E-state index is 0.345. The second-order valence-electron chi connectivity index (χ2n) is 6.38. The number of thioether (sulfide) groups is 1. The van der Waals surface area contributed by atoms with Crippen LogP contribution in [0.5, 0.6) is 0 Å². The van der Waals surface area contributed by atoms with E-state index in [0.717, 1.165) is 47.0 Å². The van der Waals surface area contributed by atoms with Crippen molar-refractivity contribution in [2.75, 3.05) is 11.5 Å². The average molecular weight is 356 g/mol. The number of fused-ring (bicyclic) bond motifs is 1. The molecule has 6 nitrogen and oxygen atoms in total. The largest absolute Gasteiger partial charge is 0.382 e. The molecule has 0 radical (unpaired) electrons. The van der Waals surface area contributed by atoms with Crippen molar-refractivity contribution in [1.29, 1.82) is 0 Å². The first-order valence-corrected chi connectivity index (χ1v) is 9.57. The van der Waals surface area contributed by atoms with Gasteiger partial charge in [-0.1, -0.05) is 25.6 Å². The molecule has 3 rings (SSSR count). The topological polar surface area (TPSA) is 82.5 Å². The average Bonchev–Trinajstić information content (AvgIpc) is 3.03. The fourth-order valence-corrected chi connectivity index (χ4v) is 3.79. The van der Waals surface area contributed by atoms with Gasteiger partial charge in [-0.25, -0.2) is 19.9 Å². The zero-order valence-corrected chi connectivity index (χ0v) is 15.8. The predicted molar refractivity (Wildman–Crippen MR) is 103 cm³/mol. The minimum Gasteiger partial charge on any atom is -0.382 e. The SMILES string of the molecule is Cc1c(C(C)C)nc(N)c2ncn(CCCCSc3ncccn3)c12. The number of aromatic nitrogens is 5. The second-order valence-corrected chi connectivity index (χ2v) is 7.45. The molecule has 3 aromatic rings. The first kappa shape index (κ1) is 17.7. The van der Waals surface area contributed by atoms with Crippen LogP contribution in [0.1, 0.15) is 43.9 Å². The zero-order valence-electron chi connectivity index (χ0n) is 14.9. The maximum absolute atomic E-state index is 6.11. The lowest BCUT2D eigenvalue weighted by Gasteiger charge is -2.13. The van der Waals surface area contributed by atoms with E-state index in [1.165, 1.54) is 5.56 Å². The molecular formula is C18H24N6S. The van der Waals surface area contributed by atoms with E-state index in [0.29, 0.717) is 11.7 Å². The smallest absolute Gasteiger partial charge is 0.187 e. The van der Waals surface area contributed by atoms with E-state index < -0.39 is 0 Å². The summed E-state index contributed by atoms with van der Waals surface area (Å²) in [6.45, 7) is 7.33. The lowest BCUT2D eigenvalue weighted by molar-refractivity contribution is 0.647. The molecule has 0 aromatic carbocycles. The molecule has 0 spiro atoms. The molecule has 0 saturated carbocycles. The Kier molecular flexibility index (Phi) is 5.53. The van der Waals surface area contributed by atoms with Crippen LogP contribution in [-0.4, -0.2) is 30.3 Å². The molecule has 132 valence electrons. The zero-order chi connectivity index (χ0) is 17.8. The summed E-state index contributed by atoms with van der Waals surface area (Å²) in [6, 6.07) is 1.84. The van der Waals surface area contributed by atoms with Crippen LogP contribution in [0.3, 0.4) is 0 Å². The highest BCUT2D eigenvalue weighted by Crippen LogP contribution is 2.28. The van der Waals surface area contributed by atoms with Crippen molar-refractivity contribution >= 4 is 28.6 Å². The van der Waals surface area contributed by atoms with Crippen LogP contribution < -0.4 is 5.73 Å². The number of anilines is 1. The molecule has 0 aliphatic carbocycles. The van der Waals surface area contributed by atoms with Gasteiger partial charge in [0.25, 0.3) is 0 Å². The number of nitrogens with zero attached hydrogens (tertiary/aromatic N) is 5. The van der Waals surface area contributed by atoms with Gasteiger partial charge in [0.05, 0.1) is 17.5 Å². The fourth-order valence-electron chi connectivity index (χ4n) is 2.99. The number of pyridine rings is 1. The summed E-state index contributed by atoms with van der Waals surface area (Å²) in [5.41, 5.74) is 10.3. The van der Waals surface area contributed by atoms with Crippen LogP contribution in [0.4, 0.5) is 5.82 Å². The van der Waals surface area contributed by atoms with Gasteiger partial charge in [-0.05, 0) is 37.3 Å². The number of nitrogens with two attached hydrogens (primary N) is 1. The highest BCUT2D eigenvalue weighted by Gasteiger charge is 2.16. The van der Waals surface area contributed by atoms with Crippen LogP contribution in [0.25, 0.3) is 11.0 Å². The number of imidazole rings is 1. The summed E-state index contributed by atoms with van der Waals surface area (Å²) in [5.74, 6) is 1.88. The van der Waals surface area contributed by atoms with E-state index in [-0.39, 0.29) is 0 Å². The summed E-state index contributed by atoms with van der Waals surface area (Å²) in [4.78, 5) is 17.5. The highest BCUT2D eigenvalue weighted by atomic mass is 32.2. The van der Waals surface area contributed by atoms with Crippen molar-refractivity contribution in [2.45, 2.75) is 51.2 Å². The predicted octanol–water partition coefficient (Wildman–Crippen LogP) is 3.81. The van der Waals surface area contributed by atoms with Crippen LogP contribution in [0, 0.1) is 6.92 Å². The number of hydrogen-bond donors (Lipinski definition) is 1. The second kappa shape index (κ2) is 7.82. The van der Waals surface area contributed by atoms with E-state index in [2.05, 4.69) is 45.3 Å². The molecule has 3 aromatic heterocycles. The van der Waals surface area contributed by atoms with E-state index >= 15 is 0 Å². The molecular weight excluding hydrogens is 332 g/mol. The Balaban J connectivity index is 1.65. The summed E-state index contributed by atoms with van der Waals surface area (Å²) < 4.78 is 2.21. The van der Waals surface area contributed by atoms with Crippen LogP contribution in [0.15, 0.2) is 29.9 Å². The van der Waals surface area contributed by atoms with Gasteiger partial charge in [0, 0.05) is 24.7 Å². The monoisotopic (exact) mass is 356 g/mol. The Hall–Kier alpha value is -2.15. The molecule has 3 heterocycles. The lowest BCUT2D eigenvalue weighted by atomic mass is 10.0. The summed E-state index contributed by atoms with van der Waals surface area (Å²) in [6.07, 6.45) is 7.61.